The van der Waals surface area contributed by atoms with Crippen molar-refractivity contribution in [2.75, 3.05) is 0 Å². The molecule has 0 aliphatic carbocycles. The monoisotopic (exact) mass is 239 g/mol. The fraction of sp³-hybridized carbons (Fsp3) is 0.133. The molecule has 0 radical (unpaired) electrons. The van der Waals surface area contributed by atoms with Crippen LogP contribution in [-0.2, 0) is 6.54 Å². The van der Waals surface area contributed by atoms with Gasteiger partial charge in [-0.1, -0.05) is 12.1 Å². The molecular formula is C15H13NO2. The van der Waals surface area contributed by atoms with Crippen LogP contribution in [0.2, 0.25) is 0 Å². The van der Waals surface area contributed by atoms with Crippen LogP contribution in [0.5, 0.6) is 0 Å². The molecule has 0 amide bonds. The Morgan fingerprint density at radius 2 is 2.17 bits per heavy atom. The lowest BCUT2D eigenvalue weighted by Gasteiger charge is -2.03. The van der Waals surface area contributed by atoms with Crippen LogP contribution in [-0.4, -0.2) is 10.4 Å². The predicted octanol–water partition coefficient (Wildman–Crippen LogP) is 3.43. The van der Waals surface area contributed by atoms with Gasteiger partial charge in [-0.25, -0.2) is 0 Å². The number of fused-ring (bicyclic) bond motifs is 1. The van der Waals surface area contributed by atoms with Crippen molar-refractivity contribution in [2.24, 2.45) is 0 Å². The van der Waals surface area contributed by atoms with Crippen LogP contribution < -0.4 is 0 Å². The number of aryl methyl sites for hydroxylation is 1. The molecule has 3 nitrogen and oxygen atoms in total. The van der Waals surface area contributed by atoms with E-state index in [1.54, 1.807) is 12.1 Å². The molecule has 0 bridgehead atoms. The number of ketones is 1. The maximum Gasteiger partial charge on any atom is 0.217 e. The van der Waals surface area contributed by atoms with Crippen molar-refractivity contribution < 1.29 is 9.21 Å². The van der Waals surface area contributed by atoms with E-state index >= 15 is 0 Å². The summed E-state index contributed by atoms with van der Waals surface area (Å²) >= 11 is 0. The van der Waals surface area contributed by atoms with Gasteiger partial charge in [0.05, 0.1) is 12.8 Å². The van der Waals surface area contributed by atoms with Gasteiger partial charge in [-0.3, -0.25) is 4.79 Å². The average molecular weight is 239 g/mol. The van der Waals surface area contributed by atoms with Crippen molar-refractivity contribution >= 4 is 16.7 Å². The summed E-state index contributed by atoms with van der Waals surface area (Å²) in [5.41, 5.74) is 2.27. The Bertz CT molecular complexity index is 692. The first-order valence-electron chi connectivity index (χ1n) is 5.86. The first-order valence-corrected chi connectivity index (χ1v) is 5.86. The number of benzene rings is 1. The van der Waals surface area contributed by atoms with Crippen LogP contribution in [0, 0.1) is 6.92 Å². The third kappa shape index (κ3) is 1.84. The van der Waals surface area contributed by atoms with E-state index in [0.717, 1.165) is 10.9 Å². The van der Waals surface area contributed by atoms with Crippen molar-refractivity contribution in [3.8, 4) is 0 Å². The van der Waals surface area contributed by atoms with Crippen LogP contribution in [0.25, 0.3) is 10.9 Å². The fourth-order valence-corrected chi connectivity index (χ4v) is 2.10. The molecule has 0 fully saturated rings. The van der Waals surface area contributed by atoms with E-state index in [1.807, 2.05) is 23.8 Å². The van der Waals surface area contributed by atoms with E-state index in [2.05, 4.69) is 18.2 Å². The molecule has 0 unspecified atom stereocenters. The van der Waals surface area contributed by atoms with Gasteiger partial charge in [-0.15, -0.1) is 0 Å². The van der Waals surface area contributed by atoms with E-state index in [1.165, 1.54) is 11.8 Å². The van der Waals surface area contributed by atoms with E-state index in [-0.39, 0.29) is 5.78 Å². The van der Waals surface area contributed by atoms with Gasteiger partial charge in [0.1, 0.15) is 0 Å². The second-order valence-corrected chi connectivity index (χ2v) is 4.41. The molecule has 90 valence electrons. The quantitative estimate of drug-likeness (QED) is 0.656. The Kier molecular flexibility index (Phi) is 2.52. The third-order valence-electron chi connectivity index (χ3n) is 3.04. The number of rotatable bonds is 3. The first kappa shape index (κ1) is 10.8. The summed E-state index contributed by atoms with van der Waals surface area (Å²) in [6, 6.07) is 11.7. The number of furan rings is 1. The topological polar surface area (TPSA) is 35.1 Å². The molecule has 18 heavy (non-hydrogen) atoms. The van der Waals surface area contributed by atoms with Gasteiger partial charge in [0.25, 0.3) is 0 Å². The molecule has 1 aromatic carbocycles. The number of carbonyl (C=O) groups is 1. The summed E-state index contributed by atoms with van der Waals surface area (Å²) in [6.45, 7) is 2.35. The lowest BCUT2D eigenvalue weighted by molar-refractivity contribution is 0.0946. The van der Waals surface area contributed by atoms with Crippen molar-refractivity contribution in [2.45, 2.75) is 13.5 Å². The van der Waals surface area contributed by atoms with Crippen LogP contribution in [0.4, 0.5) is 0 Å². The highest BCUT2D eigenvalue weighted by atomic mass is 16.3. The molecule has 3 rings (SSSR count). The van der Waals surface area contributed by atoms with Gasteiger partial charge in [0.2, 0.25) is 5.78 Å². The zero-order valence-electron chi connectivity index (χ0n) is 10.1. The van der Waals surface area contributed by atoms with Crippen molar-refractivity contribution in [1.29, 1.82) is 0 Å². The number of hydrogen-bond acceptors (Lipinski definition) is 2. The van der Waals surface area contributed by atoms with Crippen LogP contribution >= 0.6 is 0 Å². The maximum absolute atomic E-state index is 12.0. The van der Waals surface area contributed by atoms with Gasteiger partial charge in [-0.2, -0.15) is 0 Å². The van der Waals surface area contributed by atoms with Gasteiger partial charge in [-0.05, 0) is 42.1 Å². The molecule has 2 heterocycles. The molecule has 0 atom stereocenters. The minimum Gasteiger partial charge on any atom is -0.461 e. The highest BCUT2D eigenvalue weighted by molar-refractivity contribution is 5.94. The van der Waals surface area contributed by atoms with Crippen LogP contribution in [0.15, 0.2) is 53.3 Å². The minimum atomic E-state index is -0.0148. The van der Waals surface area contributed by atoms with E-state index in [4.69, 9.17) is 4.42 Å². The standard InChI is InChI=1S/C15H13NO2/c1-11-4-5-12-6-7-16(13(12)9-11)10-14(17)15-3-2-8-18-15/h2-9H,10H2,1H3. The lowest BCUT2D eigenvalue weighted by Crippen LogP contribution is -2.08. The summed E-state index contributed by atoms with van der Waals surface area (Å²) in [4.78, 5) is 12.0. The largest absolute Gasteiger partial charge is 0.461 e. The summed E-state index contributed by atoms with van der Waals surface area (Å²) in [5.74, 6) is 0.392. The van der Waals surface area contributed by atoms with Crippen molar-refractivity contribution in [1.82, 2.24) is 4.57 Å². The highest BCUT2D eigenvalue weighted by Crippen LogP contribution is 2.18. The molecule has 3 aromatic rings. The number of Topliss-reactive ketones (excluding diaryl/α,β-unsaturated/α-hetero) is 1. The zero-order chi connectivity index (χ0) is 12.5. The van der Waals surface area contributed by atoms with E-state index in [0.29, 0.717) is 12.3 Å². The summed E-state index contributed by atoms with van der Waals surface area (Å²) in [5, 5.41) is 1.15. The smallest absolute Gasteiger partial charge is 0.217 e. The molecule has 0 saturated carbocycles. The molecule has 0 aliphatic rings. The predicted molar refractivity (Wildman–Crippen MR) is 69.7 cm³/mol. The average Bonchev–Trinajstić information content (AvgIpc) is 2.99. The van der Waals surface area contributed by atoms with Gasteiger partial charge >= 0.3 is 0 Å². The Hall–Kier alpha value is -2.29. The number of nitrogens with zero attached hydrogens (tertiary/aromatic N) is 1. The summed E-state index contributed by atoms with van der Waals surface area (Å²) in [7, 11) is 0. The van der Waals surface area contributed by atoms with E-state index < -0.39 is 0 Å². The van der Waals surface area contributed by atoms with Crippen LogP contribution in [0.3, 0.4) is 0 Å². The summed E-state index contributed by atoms with van der Waals surface area (Å²) < 4.78 is 7.07. The second-order valence-electron chi connectivity index (χ2n) is 4.41. The third-order valence-corrected chi connectivity index (χ3v) is 3.04. The SMILES string of the molecule is Cc1ccc2ccn(CC(=O)c3ccco3)c2c1. The maximum atomic E-state index is 12.0. The van der Waals surface area contributed by atoms with Crippen molar-refractivity contribution in [3.63, 3.8) is 0 Å². The Morgan fingerprint density at radius 1 is 1.28 bits per heavy atom. The number of carbonyl (C=O) groups excluding carboxylic acids is 1. The fourth-order valence-electron chi connectivity index (χ4n) is 2.10. The van der Waals surface area contributed by atoms with Gasteiger partial charge in [0.15, 0.2) is 5.76 Å². The molecule has 0 aliphatic heterocycles. The lowest BCUT2D eigenvalue weighted by atomic mass is 10.2. The molecule has 2 aromatic heterocycles. The summed E-state index contributed by atoms with van der Waals surface area (Å²) in [6.07, 6.45) is 3.45. The van der Waals surface area contributed by atoms with E-state index in [9.17, 15) is 4.79 Å². The van der Waals surface area contributed by atoms with Gasteiger partial charge < -0.3 is 8.98 Å². The molecule has 3 heteroatoms. The molecule has 0 spiro atoms. The van der Waals surface area contributed by atoms with Crippen molar-refractivity contribution in [3.05, 3.63) is 60.2 Å². The first-order chi connectivity index (χ1) is 8.74. The Morgan fingerprint density at radius 3 is 2.94 bits per heavy atom. The minimum absolute atomic E-state index is 0.0148. The number of aromatic nitrogens is 1. The highest BCUT2D eigenvalue weighted by Gasteiger charge is 2.11. The number of hydrogen-bond donors (Lipinski definition) is 0. The molecular weight excluding hydrogens is 226 g/mol. The zero-order valence-corrected chi connectivity index (χ0v) is 10.1. The van der Waals surface area contributed by atoms with Gasteiger partial charge in [0, 0.05) is 11.7 Å². The van der Waals surface area contributed by atoms with Crippen LogP contribution in [0.1, 0.15) is 16.1 Å². The Labute approximate surface area is 105 Å². The second kappa shape index (κ2) is 4.18. The Balaban J connectivity index is 1.95. The molecule has 0 N–H and O–H groups in total. The molecule has 0 saturated heterocycles. The normalized spacial score (nSPS) is 10.9.